The van der Waals surface area contributed by atoms with Crippen molar-refractivity contribution in [2.24, 2.45) is 0 Å². The van der Waals surface area contributed by atoms with Gasteiger partial charge in [0, 0.05) is 6.42 Å². The van der Waals surface area contributed by atoms with Crippen LogP contribution < -0.4 is 0 Å². The van der Waals surface area contributed by atoms with Crippen molar-refractivity contribution < 1.29 is 0 Å². The smallest absolute Gasteiger partial charge is 0.00976 e. The lowest BCUT2D eigenvalue weighted by atomic mass is 10.0. The van der Waals surface area contributed by atoms with Crippen LogP contribution in [0.25, 0.3) is 0 Å². The molecule has 0 saturated carbocycles. The van der Waals surface area contributed by atoms with Crippen LogP contribution in [-0.2, 0) is 0 Å². The van der Waals surface area contributed by atoms with Crippen LogP contribution in [0.4, 0.5) is 0 Å². The number of hydrogen-bond acceptors (Lipinski definition) is 1. The lowest BCUT2D eigenvalue weighted by Crippen LogP contribution is -1.82. The molecule has 0 aliphatic carbocycles. The molecule has 0 radical (unpaired) electrons. The van der Waals surface area contributed by atoms with Gasteiger partial charge in [-0.25, -0.2) is 0 Å². The van der Waals surface area contributed by atoms with E-state index in [-0.39, 0.29) is 0 Å². The minimum Gasteiger partial charge on any atom is -0.0913 e. The van der Waals surface area contributed by atoms with Crippen molar-refractivity contribution >= 4 is 11.8 Å². The van der Waals surface area contributed by atoms with Crippen LogP contribution in [0.1, 0.15) is 96.8 Å². The van der Waals surface area contributed by atoms with Crippen molar-refractivity contribution in [1.82, 2.24) is 0 Å². The van der Waals surface area contributed by atoms with Gasteiger partial charge < -0.3 is 0 Å². The lowest BCUT2D eigenvalue weighted by Gasteiger charge is -2.02. The van der Waals surface area contributed by atoms with Crippen molar-refractivity contribution in [2.75, 3.05) is 6.26 Å². The molecule has 0 rings (SSSR count). The van der Waals surface area contributed by atoms with Crippen LogP contribution in [0.15, 0.2) is 0 Å². The van der Waals surface area contributed by atoms with E-state index in [1.165, 1.54) is 83.5 Å². The molecule has 0 aliphatic rings. The summed E-state index contributed by atoms with van der Waals surface area (Å²) in [6.07, 6.45) is 21.7. The molecule has 0 aromatic heterocycles. The Labute approximate surface area is 126 Å². The van der Waals surface area contributed by atoms with Crippen LogP contribution in [0.5, 0.6) is 0 Å². The third-order valence-corrected chi connectivity index (χ3v) is 3.93. The second kappa shape index (κ2) is 17.9. The van der Waals surface area contributed by atoms with Crippen LogP contribution in [-0.4, -0.2) is 6.26 Å². The van der Waals surface area contributed by atoms with Gasteiger partial charge in [-0.1, -0.05) is 102 Å². The molecule has 0 heterocycles. The predicted octanol–water partition coefficient (Wildman–Crippen LogP) is 6.79. The first-order valence-corrected chi connectivity index (χ1v) is 9.65. The van der Waals surface area contributed by atoms with Gasteiger partial charge in [-0.15, -0.1) is 0 Å². The minimum atomic E-state index is 1.10. The monoisotopic (exact) mass is 282 g/mol. The van der Waals surface area contributed by atoms with E-state index < -0.39 is 0 Å². The Bertz CT molecular complexity index is 211. The molecule has 1 heteroatoms. The molecule has 19 heavy (non-hydrogen) atoms. The third kappa shape index (κ3) is 17.9. The third-order valence-electron chi connectivity index (χ3n) is 3.58. The molecule has 112 valence electrons. The Balaban J connectivity index is 2.95. The fourth-order valence-electron chi connectivity index (χ4n) is 2.35. The average molecular weight is 283 g/mol. The van der Waals surface area contributed by atoms with Gasteiger partial charge >= 0.3 is 0 Å². The summed E-state index contributed by atoms with van der Waals surface area (Å²) in [6.45, 7) is 2.29. The van der Waals surface area contributed by atoms with Gasteiger partial charge in [-0.05, 0) is 17.9 Å². The van der Waals surface area contributed by atoms with Gasteiger partial charge in [0.2, 0.25) is 0 Å². The van der Waals surface area contributed by atoms with Crippen LogP contribution in [0, 0.1) is 11.2 Å². The van der Waals surface area contributed by atoms with Crippen LogP contribution in [0.2, 0.25) is 0 Å². The standard InChI is InChI=1S/C18H34S/c1-3-4-5-6-7-8-9-10-11-12-13-14-15-16-17-18-19-2/h3-16H2,1-2H3. The number of thioether (sulfide) groups is 1. The Hall–Kier alpha value is -0.0900. The summed E-state index contributed by atoms with van der Waals surface area (Å²) >= 11 is 1.63. The first kappa shape index (κ1) is 18.9. The number of hydrogen-bond donors (Lipinski definition) is 0. The highest BCUT2D eigenvalue weighted by molar-refractivity contribution is 8.03. The van der Waals surface area contributed by atoms with E-state index in [4.69, 9.17) is 0 Å². The second-order valence-corrected chi connectivity index (χ2v) is 6.09. The zero-order valence-electron chi connectivity index (χ0n) is 13.3. The highest BCUT2D eigenvalue weighted by atomic mass is 32.2. The Morgan fingerprint density at radius 2 is 1.05 bits per heavy atom. The maximum atomic E-state index is 3.19. The molecule has 0 bridgehead atoms. The van der Waals surface area contributed by atoms with E-state index in [0.717, 1.165) is 6.42 Å². The SMILES string of the molecule is CCCCCCCCCCCCCCCC#CSC. The molecular weight excluding hydrogens is 248 g/mol. The quantitative estimate of drug-likeness (QED) is 0.265. The molecule has 0 aliphatic heterocycles. The van der Waals surface area contributed by atoms with E-state index >= 15 is 0 Å². The number of rotatable bonds is 13. The van der Waals surface area contributed by atoms with E-state index in [1.54, 1.807) is 11.8 Å². The zero-order chi connectivity index (χ0) is 14.0. The van der Waals surface area contributed by atoms with Crippen molar-refractivity contribution in [1.29, 1.82) is 0 Å². The average Bonchev–Trinajstić information content (AvgIpc) is 2.43. The molecule has 0 fully saturated rings. The molecule has 0 unspecified atom stereocenters. The molecule has 0 atom stereocenters. The van der Waals surface area contributed by atoms with E-state index in [1.807, 2.05) is 6.26 Å². The molecular formula is C18H34S. The second-order valence-electron chi connectivity index (χ2n) is 5.48. The summed E-state index contributed by atoms with van der Waals surface area (Å²) in [7, 11) is 0. The topological polar surface area (TPSA) is 0 Å². The maximum absolute atomic E-state index is 3.19. The first-order valence-electron chi connectivity index (χ1n) is 8.42. The van der Waals surface area contributed by atoms with E-state index in [0.29, 0.717) is 0 Å². The Kier molecular flexibility index (Phi) is 17.8. The molecule has 0 aromatic carbocycles. The molecule has 0 nitrogen and oxygen atoms in total. The summed E-state index contributed by atoms with van der Waals surface area (Å²) in [5.41, 5.74) is 0. The van der Waals surface area contributed by atoms with Gasteiger partial charge in [0.1, 0.15) is 0 Å². The highest BCUT2D eigenvalue weighted by Gasteiger charge is 1.93. The lowest BCUT2D eigenvalue weighted by molar-refractivity contribution is 0.540. The molecule has 0 amide bonds. The first-order chi connectivity index (χ1) is 9.41. The van der Waals surface area contributed by atoms with E-state index in [2.05, 4.69) is 18.1 Å². The van der Waals surface area contributed by atoms with Gasteiger partial charge in [-0.3, -0.25) is 0 Å². The molecule has 0 N–H and O–H groups in total. The van der Waals surface area contributed by atoms with Crippen molar-refractivity contribution in [2.45, 2.75) is 96.8 Å². The van der Waals surface area contributed by atoms with Gasteiger partial charge in [0.15, 0.2) is 0 Å². The van der Waals surface area contributed by atoms with Crippen molar-refractivity contribution in [3.05, 3.63) is 0 Å². The van der Waals surface area contributed by atoms with E-state index in [9.17, 15) is 0 Å². The predicted molar refractivity (Wildman–Crippen MR) is 91.6 cm³/mol. The van der Waals surface area contributed by atoms with Gasteiger partial charge in [0.25, 0.3) is 0 Å². The number of unbranched alkanes of at least 4 members (excludes halogenated alkanes) is 13. The summed E-state index contributed by atoms with van der Waals surface area (Å²) in [4.78, 5) is 0. The molecule has 0 spiro atoms. The highest BCUT2D eigenvalue weighted by Crippen LogP contribution is 2.12. The molecule has 0 aromatic rings. The Morgan fingerprint density at radius 1 is 0.632 bits per heavy atom. The largest absolute Gasteiger partial charge is 0.0913 e. The maximum Gasteiger partial charge on any atom is 0.00976 e. The van der Waals surface area contributed by atoms with Crippen LogP contribution >= 0.6 is 11.8 Å². The Morgan fingerprint density at radius 3 is 1.47 bits per heavy atom. The summed E-state index contributed by atoms with van der Waals surface area (Å²) < 4.78 is 0. The summed E-state index contributed by atoms with van der Waals surface area (Å²) in [5.74, 6) is 3.19. The van der Waals surface area contributed by atoms with Crippen LogP contribution in [0.3, 0.4) is 0 Å². The van der Waals surface area contributed by atoms with Gasteiger partial charge in [0.05, 0.1) is 0 Å². The fraction of sp³-hybridized carbons (Fsp3) is 0.889. The van der Waals surface area contributed by atoms with Gasteiger partial charge in [-0.2, -0.15) is 0 Å². The van der Waals surface area contributed by atoms with Crippen molar-refractivity contribution in [3.8, 4) is 11.2 Å². The normalized spacial score (nSPS) is 10.2. The summed E-state index contributed by atoms with van der Waals surface area (Å²) in [5, 5.41) is 3.06. The van der Waals surface area contributed by atoms with Crippen molar-refractivity contribution in [3.63, 3.8) is 0 Å². The zero-order valence-corrected chi connectivity index (χ0v) is 14.1. The summed E-state index contributed by atoms with van der Waals surface area (Å²) in [6, 6.07) is 0. The minimum absolute atomic E-state index is 1.10. The fourth-order valence-corrected chi connectivity index (χ4v) is 2.60. The molecule has 0 saturated heterocycles.